The molecular formula is C17H28ClN3. The predicted octanol–water partition coefficient (Wildman–Crippen LogP) is 2.19. The molecule has 0 radical (unpaired) electrons. The van der Waals surface area contributed by atoms with Crippen LogP contribution in [0.15, 0.2) is 30.3 Å². The third kappa shape index (κ3) is 4.43. The first-order valence-corrected chi connectivity index (χ1v) is 8.05. The van der Waals surface area contributed by atoms with E-state index >= 15 is 0 Å². The Morgan fingerprint density at radius 2 is 1.86 bits per heavy atom. The van der Waals surface area contributed by atoms with Crippen molar-refractivity contribution in [3.63, 3.8) is 0 Å². The Morgan fingerprint density at radius 1 is 1.14 bits per heavy atom. The van der Waals surface area contributed by atoms with Gasteiger partial charge in [-0.05, 0) is 24.4 Å². The molecule has 118 valence electrons. The number of likely N-dealkylation sites (tertiary alicyclic amines) is 1. The van der Waals surface area contributed by atoms with Crippen LogP contribution in [0.3, 0.4) is 0 Å². The number of nitrogens with zero attached hydrogens (tertiary/aromatic N) is 2. The van der Waals surface area contributed by atoms with Gasteiger partial charge < -0.3 is 10.2 Å². The molecule has 2 atom stereocenters. The van der Waals surface area contributed by atoms with Crippen molar-refractivity contribution in [2.24, 2.45) is 0 Å². The molecular weight excluding hydrogens is 282 g/mol. The van der Waals surface area contributed by atoms with Crippen LogP contribution in [0, 0.1) is 0 Å². The molecule has 2 aliphatic heterocycles. The van der Waals surface area contributed by atoms with Crippen molar-refractivity contribution in [3.05, 3.63) is 35.9 Å². The lowest BCUT2D eigenvalue weighted by Gasteiger charge is -2.33. The van der Waals surface area contributed by atoms with E-state index in [1.54, 1.807) is 0 Å². The molecule has 1 aromatic rings. The second kappa shape index (κ2) is 8.14. The molecule has 2 unspecified atom stereocenters. The maximum Gasteiger partial charge on any atom is 0.0236 e. The number of hydrogen-bond donors (Lipinski definition) is 1. The first-order valence-electron chi connectivity index (χ1n) is 8.05. The van der Waals surface area contributed by atoms with E-state index in [0.717, 1.165) is 19.1 Å². The fourth-order valence-corrected chi connectivity index (χ4v) is 3.60. The minimum absolute atomic E-state index is 0. The minimum Gasteiger partial charge on any atom is -0.314 e. The summed E-state index contributed by atoms with van der Waals surface area (Å²) in [4.78, 5) is 5.34. The monoisotopic (exact) mass is 309 g/mol. The zero-order chi connectivity index (χ0) is 13.8. The Balaban J connectivity index is 0.00000161. The van der Waals surface area contributed by atoms with Crippen molar-refractivity contribution in [1.82, 2.24) is 15.1 Å². The molecule has 1 N–H and O–H groups in total. The van der Waals surface area contributed by atoms with Gasteiger partial charge >= 0.3 is 0 Å². The second-order valence-corrected chi connectivity index (χ2v) is 6.30. The maximum atomic E-state index is 3.45. The summed E-state index contributed by atoms with van der Waals surface area (Å²) in [5.41, 5.74) is 1.47. The Kier molecular flexibility index (Phi) is 6.49. The molecule has 0 aromatic heterocycles. The summed E-state index contributed by atoms with van der Waals surface area (Å²) >= 11 is 0. The van der Waals surface area contributed by atoms with Crippen LogP contribution in [0.25, 0.3) is 0 Å². The number of rotatable bonds is 4. The Bertz CT molecular complexity index is 406. The SMILES string of the molecule is CC(CN1CCC(N2CCNCC2)C1)c1ccccc1.Cl. The van der Waals surface area contributed by atoms with Crippen molar-refractivity contribution in [2.75, 3.05) is 45.8 Å². The van der Waals surface area contributed by atoms with E-state index in [1.165, 1.54) is 44.7 Å². The average Bonchev–Trinajstić information content (AvgIpc) is 2.97. The zero-order valence-electron chi connectivity index (χ0n) is 13.0. The van der Waals surface area contributed by atoms with Crippen LogP contribution in [0.5, 0.6) is 0 Å². The molecule has 0 aliphatic carbocycles. The fraction of sp³-hybridized carbons (Fsp3) is 0.647. The third-order valence-electron chi connectivity index (χ3n) is 4.82. The van der Waals surface area contributed by atoms with Gasteiger partial charge in [0.05, 0.1) is 0 Å². The summed E-state index contributed by atoms with van der Waals surface area (Å²) in [7, 11) is 0. The molecule has 4 heteroatoms. The molecule has 0 saturated carbocycles. The highest BCUT2D eigenvalue weighted by Gasteiger charge is 2.28. The summed E-state index contributed by atoms with van der Waals surface area (Å²) < 4.78 is 0. The maximum absolute atomic E-state index is 3.45. The average molecular weight is 310 g/mol. The van der Waals surface area contributed by atoms with Crippen molar-refractivity contribution >= 4 is 12.4 Å². The van der Waals surface area contributed by atoms with Crippen LogP contribution in [0.4, 0.5) is 0 Å². The number of nitrogens with one attached hydrogen (secondary N) is 1. The van der Waals surface area contributed by atoms with E-state index in [-0.39, 0.29) is 12.4 Å². The number of benzene rings is 1. The third-order valence-corrected chi connectivity index (χ3v) is 4.82. The highest BCUT2D eigenvalue weighted by Crippen LogP contribution is 2.21. The van der Waals surface area contributed by atoms with Crippen LogP contribution in [0.1, 0.15) is 24.8 Å². The summed E-state index contributed by atoms with van der Waals surface area (Å²) in [5.74, 6) is 0.637. The Hall–Kier alpha value is -0.610. The lowest BCUT2D eigenvalue weighted by Crippen LogP contribution is -2.49. The quantitative estimate of drug-likeness (QED) is 0.920. The van der Waals surface area contributed by atoms with Gasteiger partial charge in [-0.15, -0.1) is 12.4 Å². The topological polar surface area (TPSA) is 18.5 Å². The first kappa shape index (κ1) is 16.8. The lowest BCUT2D eigenvalue weighted by atomic mass is 10.0. The second-order valence-electron chi connectivity index (χ2n) is 6.30. The number of halogens is 1. The van der Waals surface area contributed by atoms with Gasteiger partial charge in [-0.2, -0.15) is 0 Å². The molecule has 21 heavy (non-hydrogen) atoms. The molecule has 2 fully saturated rings. The molecule has 2 saturated heterocycles. The summed E-state index contributed by atoms with van der Waals surface area (Å²) in [6.07, 6.45) is 1.35. The van der Waals surface area contributed by atoms with Crippen LogP contribution in [-0.4, -0.2) is 61.7 Å². The molecule has 3 nitrogen and oxygen atoms in total. The van der Waals surface area contributed by atoms with Crippen LogP contribution >= 0.6 is 12.4 Å². The fourth-order valence-electron chi connectivity index (χ4n) is 3.60. The lowest BCUT2D eigenvalue weighted by molar-refractivity contribution is 0.170. The van der Waals surface area contributed by atoms with Crippen LogP contribution in [0.2, 0.25) is 0 Å². The van der Waals surface area contributed by atoms with E-state index in [0.29, 0.717) is 5.92 Å². The highest BCUT2D eigenvalue weighted by atomic mass is 35.5. The molecule has 1 aromatic carbocycles. The molecule has 0 bridgehead atoms. The zero-order valence-corrected chi connectivity index (χ0v) is 13.8. The van der Waals surface area contributed by atoms with Gasteiger partial charge in [0.2, 0.25) is 0 Å². The molecule has 3 rings (SSSR count). The van der Waals surface area contributed by atoms with Gasteiger partial charge in [0, 0.05) is 45.3 Å². The van der Waals surface area contributed by atoms with E-state index in [1.807, 2.05) is 0 Å². The first-order chi connectivity index (χ1) is 9.83. The Labute approximate surface area is 135 Å². The van der Waals surface area contributed by atoms with Gasteiger partial charge in [0.15, 0.2) is 0 Å². The van der Waals surface area contributed by atoms with Crippen LogP contribution in [-0.2, 0) is 0 Å². The van der Waals surface area contributed by atoms with Gasteiger partial charge in [-0.3, -0.25) is 4.90 Å². The minimum atomic E-state index is 0. The highest BCUT2D eigenvalue weighted by molar-refractivity contribution is 5.85. The summed E-state index contributed by atoms with van der Waals surface area (Å²) in [6, 6.07) is 11.7. The smallest absolute Gasteiger partial charge is 0.0236 e. The molecule has 0 amide bonds. The summed E-state index contributed by atoms with van der Waals surface area (Å²) in [5, 5.41) is 3.45. The predicted molar refractivity (Wildman–Crippen MR) is 91.4 cm³/mol. The van der Waals surface area contributed by atoms with E-state index in [4.69, 9.17) is 0 Å². The normalized spacial score (nSPS) is 25.5. The van der Waals surface area contributed by atoms with Crippen molar-refractivity contribution in [1.29, 1.82) is 0 Å². The Morgan fingerprint density at radius 3 is 2.57 bits per heavy atom. The largest absolute Gasteiger partial charge is 0.314 e. The molecule has 2 heterocycles. The van der Waals surface area contributed by atoms with Crippen molar-refractivity contribution in [3.8, 4) is 0 Å². The summed E-state index contributed by atoms with van der Waals surface area (Å²) in [6.45, 7) is 10.9. The van der Waals surface area contributed by atoms with E-state index in [2.05, 4.69) is 52.4 Å². The molecule has 2 aliphatic rings. The standard InChI is InChI=1S/C17H27N3.ClH/c1-15(16-5-3-2-4-6-16)13-19-10-7-17(14-19)20-11-8-18-9-12-20;/h2-6,15,17-18H,7-14H2,1H3;1H. The van der Waals surface area contributed by atoms with Crippen LogP contribution < -0.4 is 5.32 Å². The van der Waals surface area contributed by atoms with Gasteiger partial charge in [-0.1, -0.05) is 37.3 Å². The number of piperazine rings is 1. The van der Waals surface area contributed by atoms with Crippen molar-refractivity contribution in [2.45, 2.75) is 25.3 Å². The van der Waals surface area contributed by atoms with E-state index < -0.39 is 0 Å². The van der Waals surface area contributed by atoms with Crippen molar-refractivity contribution < 1.29 is 0 Å². The molecule has 0 spiro atoms. The van der Waals surface area contributed by atoms with Gasteiger partial charge in [-0.25, -0.2) is 0 Å². The van der Waals surface area contributed by atoms with E-state index in [9.17, 15) is 0 Å². The van der Waals surface area contributed by atoms with Gasteiger partial charge in [0.25, 0.3) is 0 Å². The van der Waals surface area contributed by atoms with Gasteiger partial charge in [0.1, 0.15) is 0 Å². The number of hydrogen-bond acceptors (Lipinski definition) is 3.